The van der Waals surface area contributed by atoms with Crippen molar-refractivity contribution in [1.82, 2.24) is 4.90 Å². The topological polar surface area (TPSA) is 29.3 Å². The summed E-state index contributed by atoms with van der Waals surface area (Å²) in [5.74, 6) is 1.52. The minimum absolute atomic E-state index is 0.304. The van der Waals surface area contributed by atoms with Crippen molar-refractivity contribution in [3.8, 4) is 0 Å². The van der Waals surface area contributed by atoms with Gasteiger partial charge in [0.15, 0.2) is 0 Å². The van der Waals surface area contributed by atoms with Crippen LogP contribution >= 0.6 is 0 Å². The Labute approximate surface area is 117 Å². The predicted octanol–water partition coefficient (Wildman–Crippen LogP) is 3.29. The second-order valence-corrected chi connectivity index (χ2v) is 6.69. The molecule has 1 saturated heterocycles. The summed E-state index contributed by atoms with van der Waals surface area (Å²) in [7, 11) is 0. The molecular weight excluding hydrogens is 232 g/mol. The first-order valence-corrected chi connectivity index (χ1v) is 7.75. The molecule has 19 heavy (non-hydrogen) atoms. The zero-order valence-corrected chi connectivity index (χ0v) is 12.2. The first-order chi connectivity index (χ1) is 9.16. The second-order valence-electron chi connectivity index (χ2n) is 6.69. The molecule has 1 aliphatic heterocycles. The fraction of sp³-hybridized carbons (Fsp3) is 0.647. The van der Waals surface area contributed by atoms with E-state index in [2.05, 4.69) is 43.0 Å². The van der Waals surface area contributed by atoms with Crippen LogP contribution < -0.4 is 5.73 Å². The van der Waals surface area contributed by atoms with Gasteiger partial charge in [0, 0.05) is 19.1 Å². The van der Waals surface area contributed by atoms with Crippen LogP contribution in [0.1, 0.15) is 56.2 Å². The summed E-state index contributed by atoms with van der Waals surface area (Å²) in [4.78, 5) is 2.61. The van der Waals surface area contributed by atoms with E-state index in [9.17, 15) is 0 Å². The van der Waals surface area contributed by atoms with Gasteiger partial charge in [0.2, 0.25) is 0 Å². The number of rotatable bonds is 4. The lowest BCUT2D eigenvalue weighted by molar-refractivity contribution is 0.220. The lowest BCUT2D eigenvalue weighted by atomic mass is 9.93. The van der Waals surface area contributed by atoms with E-state index in [1.165, 1.54) is 18.4 Å². The third-order valence-corrected chi connectivity index (χ3v) is 4.48. The summed E-state index contributed by atoms with van der Waals surface area (Å²) in [6, 6.07) is 9.75. The van der Waals surface area contributed by atoms with Crippen molar-refractivity contribution < 1.29 is 0 Å². The molecule has 1 aliphatic carbocycles. The highest BCUT2D eigenvalue weighted by atomic mass is 15.2. The van der Waals surface area contributed by atoms with E-state index in [-0.39, 0.29) is 0 Å². The van der Waals surface area contributed by atoms with Crippen LogP contribution in [0.15, 0.2) is 24.3 Å². The SMILES string of the molecule is CC(C)CN1CCC(N)C1c1ccccc1C1CC1. The Morgan fingerprint density at radius 3 is 2.47 bits per heavy atom. The van der Waals surface area contributed by atoms with Gasteiger partial charge in [0.1, 0.15) is 0 Å². The largest absolute Gasteiger partial charge is 0.326 e. The van der Waals surface area contributed by atoms with Gasteiger partial charge in [-0.2, -0.15) is 0 Å². The Kier molecular flexibility index (Phi) is 3.64. The van der Waals surface area contributed by atoms with E-state index in [1.807, 2.05) is 0 Å². The Morgan fingerprint density at radius 2 is 1.84 bits per heavy atom. The maximum Gasteiger partial charge on any atom is 0.0502 e. The first-order valence-electron chi connectivity index (χ1n) is 7.75. The van der Waals surface area contributed by atoms with E-state index in [0.717, 1.165) is 25.4 Å². The maximum atomic E-state index is 6.42. The standard InChI is InChI=1S/C17H26N2/c1-12(2)11-19-10-9-16(18)17(19)15-6-4-3-5-14(15)13-7-8-13/h3-6,12-13,16-17H,7-11,18H2,1-2H3. The molecule has 1 aromatic rings. The molecule has 0 amide bonds. The third kappa shape index (κ3) is 2.70. The van der Waals surface area contributed by atoms with Crippen molar-refractivity contribution in [2.75, 3.05) is 13.1 Å². The van der Waals surface area contributed by atoms with Crippen LogP contribution in [0.4, 0.5) is 0 Å². The van der Waals surface area contributed by atoms with Gasteiger partial charge in [0.05, 0.1) is 6.04 Å². The lowest BCUT2D eigenvalue weighted by Gasteiger charge is -2.30. The van der Waals surface area contributed by atoms with Crippen molar-refractivity contribution in [2.24, 2.45) is 11.7 Å². The Bertz CT molecular complexity index is 437. The van der Waals surface area contributed by atoms with Crippen LogP contribution in [0, 0.1) is 5.92 Å². The van der Waals surface area contributed by atoms with Crippen LogP contribution in [-0.4, -0.2) is 24.0 Å². The minimum Gasteiger partial charge on any atom is -0.326 e. The number of nitrogens with two attached hydrogens (primary N) is 1. The Hall–Kier alpha value is -0.860. The molecule has 0 spiro atoms. The van der Waals surface area contributed by atoms with E-state index >= 15 is 0 Å². The molecule has 2 nitrogen and oxygen atoms in total. The Morgan fingerprint density at radius 1 is 1.16 bits per heavy atom. The number of nitrogens with zero attached hydrogens (tertiary/aromatic N) is 1. The molecule has 1 saturated carbocycles. The Balaban J connectivity index is 1.90. The molecule has 2 unspecified atom stereocenters. The van der Waals surface area contributed by atoms with Gasteiger partial charge in [-0.25, -0.2) is 0 Å². The molecule has 2 heteroatoms. The number of hydrogen-bond donors (Lipinski definition) is 1. The maximum absolute atomic E-state index is 6.42. The summed E-state index contributed by atoms with van der Waals surface area (Å²) < 4.78 is 0. The first kappa shape index (κ1) is 13.1. The third-order valence-electron chi connectivity index (χ3n) is 4.48. The molecule has 0 bridgehead atoms. The average Bonchev–Trinajstić information content (AvgIpc) is 3.15. The van der Waals surface area contributed by atoms with E-state index in [0.29, 0.717) is 18.0 Å². The monoisotopic (exact) mass is 258 g/mol. The fourth-order valence-corrected chi connectivity index (χ4v) is 3.53. The summed E-state index contributed by atoms with van der Waals surface area (Å²) in [5, 5.41) is 0. The molecule has 2 aliphatic rings. The highest BCUT2D eigenvalue weighted by Gasteiger charge is 2.36. The highest BCUT2D eigenvalue weighted by Crippen LogP contribution is 2.45. The number of benzene rings is 1. The molecule has 1 aromatic carbocycles. The zero-order valence-electron chi connectivity index (χ0n) is 12.2. The summed E-state index contributed by atoms with van der Waals surface area (Å²) in [6.07, 6.45) is 3.86. The van der Waals surface area contributed by atoms with Crippen molar-refractivity contribution in [2.45, 2.75) is 51.1 Å². The van der Waals surface area contributed by atoms with Crippen LogP contribution in [0.25, 0.3) is 0 Å². The minimum atomic E-state index is 0.304. The normalized spacial score (nSPS) is 28.2. The zero-order chi connectivity index (χ0) is 13.4. The lowest BCUT2D eigenvalue weighted by Crippen LogP contribution is -2.34. The van der Waals surface area contributed by atoms with E-state index in [1.54, 1.807) is 5.56 Å². The molecule has 2 atom stereocenters. The molecule has 0 radical (unpaired) electrons. The van der Waals surface area contributed by atoms with Gasteiger partial charge >= 0.3 is 0 Å². The van der Waals surface area contributed by atoms with Crippen LogP contribution in [0.3, 0.4) is 0 Å². The molecule has 3 rings (SSSR count). The average molecular weight is 258 g/mol. The second kappa shape index (κ2) is 5.26. The quantitative estimate of drug-likeness (QED) is 0.898. The van der Waals surface area contributed by atoms with Gasteiger partial charge in [0.25, 0.3) is 0 Å². The van der Waals surface area contributed by atoms with Crippen molar-refractivity contribution in [1.29, 1.82) is 0 Å². The summed E-state index contributed by atoms with van der Waals surface area (Å²) in [6.45, 7) is 6.92. The number of hydrogen-bond acceptors (Lipinski definition) is 2. The summed E-state index contributed by atoms with van der Waals surface area (Å²) in [5.41, 5.74) is 9.50. The van der Waals surface area contributed by atoms with Crippen LogP contribution in [0.2, 0.25) is 0 Å². The van der Waals surface area contributed by atoms with Crippen LogP contribution in [-0.2, 0) is 0 Å². The van der Waals surface area contributed by atoms with Crippen LogP contribution in [0.5, 0.6) is 0 Å². The highest BCUT2D eigenvalue weighted by molar-refractivity contribution is 5.37. The van der Waals surface area contributed by atoms with Crippen molar-refractivity contribution >= 4 is 0 Å². The van der Waals surface area contributed by atoms with Crippen molar-refractivity contribution in [3.05, 3.63) is 35.4 Å². The summed E-state index contributed by atoms with van der Waals surface area (Å²) >= 11 is 0. The van der Waals surface area contributed by atoms with Crippen molar-refractivity contribution in [3.63, 3.8) is 0 Å². The fourth-order valence-electron chi connectivity index (χ4n) is 3.53. The molecule has 104 valence electrons. The van der Waals surface area contributed by atoms with Gasteiger partial charge in [-0.1, -0.05) is 38.1 Å². The smallest absolute Gasteiger partial charge is 0.0502 e. The number of likely N-dealkylation sites (tertiary alicyclic amines) is 1. The van der Waals surface area contributed by atoms with E-state index < -0.39 is 0 Å². The van der Waals surface area contributed by atoms with E-state index in [4.69, 9.17) is 5.73 Å². The molecule has 1 heterocycles. The molecular formula is C17H26N2. The molecule has 2 fully saturated rings. The van der Waals surface area contributed by atoms with Gasteiger partial charge in [-0.3, -0.25) is 4.90 Å². The predicted molar refractivity (Wildman–Crippen MR) is 80.2 cm³/mol. The molecule has 2 N–H and O–H groups in total. The van der Waals surface area contributed by atoms with Gasteiger partial charge in [-0.15, -0.1) is 0 Å². The molecule has 0 aromatic heterocycles. The van der Waals surface area contributed by atoms with Gasteiger partial charge < -0.3 is 5.73 Å². The van der Waals surface area contributed by atoms with Gasteiger partial charge in [-0.05, 0) is 42.2 Å².